The average molecular weight is 310 g/mol. The molecular formula is C17H15FN4O. The van der Waals surface area contributed by atoms with Crippen molar-refractivity contribution < 1.29 is 4.39 Å². The van der Waals surface area contributed by atoms with Crippen LogP contribution in [0, 0.1) is 16.7 Å². The molecule has 2 bridgehead atoms. The second kappa shape index (κ2) is 3.91. The fraction of sp³-hybridized carbons (Fsp3) is 0.471. The summed E-state index contributed by atoms with van der Waals surface area (Å²) in [6, 6.07) is 11.6. The summed E-state index contributed by atoms with van der Waals surface area (Å²) in [4.78, 5) is 12.9. The number of halogens is 1. The summed E-state index contributed by atoms with van der Waals surface area (Å²) < 4.78 is 17.4. The lowest BCUT2D eigenvalue weighted by Gasteiger charge is -2.65. The molecule has 3 fully saturated rings. The predicted octanol–water partition coefficient (Wildman–Crippen LogP) is 2.45. The predicted molar refractivity (Wildman–Crippen MR) is 79.4 cm³/mol. The third-order valence-electron chi connectivity index (χ3n) is 5.73. The SMILES string of the molecule is N#CC12CC(n3nc4n(c3=O)[C@H](c3ccccc3)CC4F)(C1)C2. The van der Waals surface area contributed by atoms with Gasteiger partial charge >= 0.3 is 5.69 Å². The number of alkyl halides is 1. The lowest BCUT2D eigenvalue weighted by Crippen LogP contribution is -2.69. The fourth-order valence-electron chi connectivity index (χ4n) is 4.65. The Morgan fingerprint density at radius 3 is 2.61 bits per heavy atom. The Kier molecular flexibility index (Phi) is 2.22. The second-order valence-corrected chi connectivity index (χ2v) is 7.20. The zero-order valence-corrected chi connectivity index (χ0v) is 12.4. The number of benzene rings is 1. The monoisotopic (exact) mass is 310 g/mol. The van der Waals surface area contributed by atoms with Gasteiger partial charge in [-0.1, -0.05) is 30.3 Å². The minimum atomic E-state index is -1.22. The smallest absolute Gasteiger partial charge is 0.269 e. The summed E-state index contributed by atoms with van der Waals surface area (Å²) >= 11 is 0. The molecule has 2 atom stereocenters. The number of aromatic nitrogens is 3. The van der Waals surface area contributed by atoms with Crippen LogP contribution in [0.5, 0.6) is 0 Å². The molecule has 0 radical (unpaired) electrons. The molecule has 0 N–H and O–H groups in total. The molecule has 4 aliphatic rings. The molecule has 6 rings (SSSR count). The van der Waals surface area contributed by atoms with Crippen LogP contribution >= 0.6 is 0 Å². The van der Waals surface area contributed by atoms with Gasteiger partial charge in [-0.2, -0.15) is 10.4 Å². The Labute approximate surface area is 132 Å². The topological polar surface area (TPSA) is 63.6 Å². The van der Waals surface area contributed by atoms with E-state index >= 15 is 0 Å². The van der Waals surface area contributed by atoms with Crippen LogP contribution in [0.3, 0.4) is 0 Å². The molecule has 1 aromatic heterocycles. The molecule has 1 unspecified atom stereocenters. The van der Waals surface area contributed by atoms with Crippen molar-refractivity contribution >= 4 is 0 Å². The van der Waals surface area contributed by atoms with Crippen LogP contribution in [-0.4, -0.2) is 14.3 Å². The van der Waals surface area contributed by atoms with E-state index in [2.05, 4.69) is 11.2 Å². The fourth-order valence-corrected chi connectivity index (χ4v) is 4.65. The number of rotatable bonds is 2. The van der Waals surface area contributed by atoms with Gasteiger partial charge in [-0.15, -0.1) is 0 Å². The normalized spacial score (nSPS) is 36.7. The molecule has 2 heterocycles. The largest absolute Gasteiger partial charge is 0.347 e. The molecule has 3 saturated carbocycles. The summed E-state index contributed by atoms with van der Waals surface area (Å²) in [5, 5.41) is 13.5. The third kappa shape index (κ3) is 1.45. The molecule has 116 valence electrons. The van der Waals surface area contributed by atoms with Gasteiger partial charge in [-0.3, -0.25) is 4.57 Å². The first-order valence-electron chi connectivity index (χ1n) is 7.90. The number of hydrogen-bond donors (Lipinski definition) is 0. The van der Waals surface area contributed by atoms with Gasteiger partial charge in [-0.05, 0) is 24.8 Å². The Morgan fingerprint density at radius 2 is 1.96 bits per heavy atom. The third-order valence-corrected chi connectivity index (χ3v) is 5.73. The summed E-state index contributed by atoms with van der Waals surface area (Å²) in [7, 11) is 0. The van der Waals surface area contributed by atoms with Crippen molar-refractivity contribution in [3.05, 3.63) is 52.2 Å². The van der Waals surface area contributed by atoms with E-state index in [1.165, 1.54) is 9.25 Å². The Morgan fingerprint density at radius 1 is 1.26 bits per heavy atom. The van der Waals surface area contributed by atoms with E-state index in [9.17, 15) is 9.18 Å². The van der Waals surface area contributed by atoms with Gasteiger partial charge in [-0.25, -0.2) is 13.9 Å². The number of fused-ring (bicyclic) bond motifs is 1. The maximum absolute atomic E-state index is 14.4. The number of nitrogens with zero attached hydrogens (tertiary/aromatic N) is 4. The van der Waals surface area contributed by atoms with Crippen LogP contribution in [0.4, 0.5) is 4.39 Å². The van der Waals surface area contributed by atoms with Crippen LogP contribution in [0.2, 0.25) is 0 Å². The van der Waals surface area contributed by atoms with E-state index in [4.69, 9.17) is 5.26 Å². The van der Waals surface area contributed by atoms with Crippen LogP contribution in [-0.2, 0) is 5.54 Å². The highest BCUT2D eigenvalue weighted by Gasteiger charge is 2.71. The van der Waals surface area contributed by atoms with Crippen molar-refractivity contribution in [2.75, 3.05) is 0 Å². The van der Waals surface area contributed by atoms with E-state index < -0.39 is 6.17 Å². The van der Waals surface area contributed by atoms with Crippen LogP contribution in [0.1, 0.15) is 49.3 Å². The molecule has 1 aliphatic heterocycles. The van der Waals surface area contributed by atoms with E-state index in [0.29, 0.717) is 19.3 Å². The zero-order valence-electron chi connectivity index (χ0n) is 12.4. The number of nitriles is 1. The number of hydrogen-bond acceptors (Lipinski definition) is 3. The summed E-state index contributed by atoms with van der Waals surface area (Å²) in [6.45, 7) is 0. The first kappa shape index (κ1) is 13.1. The highest BCUT2D eigenvalue weighted by molar-refractivity contribution is 5.30. The van der Waals surface area contributed by atoms with Crippen molar-refractivity contribution in [1.29, 1.82) is 5.26 Å². The van der Waals surface area contributed by atoms with E-state index in [1.54, 1.807) is 0 Å². The van der Waals surface area contributed by atoms with E-state index in [-0.39, 0.29) is 34.9 Å². The van der Waals surface area contributed by atoms with Crippen molar-refractivity contribution in [2.45, 2.75) is 43.4 Å². The van der Waals surface area contributed by atoms with Crippen molar-refractivity contribution in [3.63, 3.8) is 0 Å². The minimum Gasteiger partial charge on any atom is -0.269 e. The van der Waals surface area contributed by atoms with Gasteiger partial charge in [0.15, 0.2) is 12.0 Å². The first-order valence-corrected chi connectivity index (χ1v) is 7.90. The molecule has 0 saturated heterocycles. The van der Waals surface area contributed by atoms with Gasteiger partial charge in [0.25, 0.3) is 0 Å². The van der Waals surface area contributed by atoms with Crippen molar-refractivity contribution in [1.82, 2.24) is 14.3 Å². The van der Waals surface area contributed by atoms with Crippen LogP contribution < -0.4 is 5.69 Å². The minimum absolute atomic E-state index is 0.236. The van der Waals surface area contributed by atoms with Gasteiger partial charge in [0.1, 0.15) is 0 Å². The quantitative estimate of drug-likeness (QED) is 0.856. The van der Waals surface area contributed by atoms with E-state index in [1.807, 2.05) is 30.3 Å². The maximum Gasteiger partial charge on any atom is 0.347 e. The maximum atomic E-state index is 14.4. The lowest BCUT2D eigenvalue weighted by molar-refractivity contribution is -0.155. The molecule has 1 aromatic carbocycles. The Balaban J connectivity index is 1.59. The molecule has 0 spiro atoms. The lowest BCUT2D eigenvalue weighted by atomic mass is 9.40. The second-order valence-electron chi connectivity index (χ2n) is 7.20. The molecule has 3 aliphatic carbocycles. The summed E-state index contributed by atoms with van der Waals surface area (Å²) in [5.74, 6) is 0.236. The molecule has 6 heteroatoms. The van der Waals surface area contributed by atoms with Gasteiger partial charge in [0.05, 0.1) is 23.1 Å². The highest BCUT2D eigenvalue weighted by Crippen LogP contribution is 2.70. The summed E-state index contributed by atoms with van der Waals surface area (Å²) in [5.41, 5.74) is 0.0916. The van der Waals surface area contributed by atoms with E-state index in [0.717, 1.165) is 5.56 Å². The molecular weight excluding hydrogens is 295 g/mol. The van der Waals surface area contributed by atoms with Crippen LogP contribution in [0.25, 0.3) is 0 Å². The molecule has 23 heavy (non-hydrogen) atoms. The van der Waals surface area contributed by atoms with Crippen molar-refractivity contribution in [2.24, 2.45) is 5.41 Å². The molecule has 0 amide bonds. The molecule has 2 aromatic rings. The van der Waals surface area contributed by atoms with Crippen LogP contribution in [0.15, 0.2) is 35.1 Å². The zero-order chi connectivity index (χ0) is 15.8. The molecule has 5 nitrogen and oxygen atoms in total. The first-order chi connectivity index (χ1) is 11.1. The Hall–Kier alpha value is -2.42. The van der Waals surface area contributed by atoms with Crippen molar-refractivity contribution in [3.8, 4) is 6.07 Å². The standard InChI is InChI=1S/C17H15FN4O/c18-12-6-13(11-4-2-1-3-5-11)21-14(12)20-22(15(21)23)17-7-16(8-17,9-17)10-19/h1-5,12-13H,6-9H2/t12?,13-,16?,17?/m0/s1. The summed E-state index contributed by atoms with van der Waals surface area (Å²) in [6.07, 6.45) is 1.04. The van der Waals surface area contributed by atoms with Gasteiger partial charge in [0.2, 0.25) is 0 Å². The van der Waals surface area contributed by atoms with Gasteiger partial charge < -0.3 is 0 Å². The van der Waals surface area contributed by atoms with Gasteiger partial charge in [0, 0.05) is 6.42 Å². The highest BCUT2D eigenvalue weighted by atomic mass is 19.1. The Bertz CT molecular complexity index is 887. The average Bonchev–Trinajstić information content (AvgIpc) is 2.98.